The molecule has 2 aromatic carbocycles. The molecule has 5 rings (SSSR count). The van der Waals surface area contributed by atoms with E-state index >= 15 is 0 Å². The number of aryl methyl sites for hydroxylation is 1. The van der Waals surface area contributed by atoms with Gasteiger partial charge in [0.25, 0.3) is 0 Å². The van der Waals surface area contributed by atoms with E-state index in [9.17, 15) is 9.59 Å². The van der Waals surface area contributed by atoms with Crippen molar-refractivity contribution in [2.45, 2.75) is 58.1 Å². The fourth-order valence-corrected chi connectivity index (χ4v) is 6.73. The number of hydrogen-bond acceptors (Lipinski definition) is 4. The van der Waals surface area contributed by atoms with Crippen molar-refractivity contribution in [3.8, 4) is 5.69 Å². The standard InChI is InChI=1S/C30H35ClN4O2S/c1-19-10-8-13-23(20(19)2)35-29-26(28(32-35)30(3,4)5)27(21-11-9-12-22(31)16-21)38-18-25(37)34(29)17-24(36)33-14-6-7-15-33/h8-13,16,27H,6-7,14-15,17-18H2,1-5H3/t27-/m0/s1. The second-order valence-electron chi connectivity index (χ2n) is 11.3. The highest BCUT2D eigenvalue weighted by Crippen LogP contribution is 2.49. The molecule has 0 unspecified atom stereocenters. The fourth-order valence-electron chi connectivity index (χ4n) is 5.34. The molecule has 3 aromatic rings. The van der Waals surface area contributed by atoms with Gasteiger partial charge in [-0.15, -0.1) is 11.8 Å². The fraction of sp³-hybridized carbons (Fsp3) is 0.433. The molecule has 2 aliphatic rings. The summed E-state index contributed by atoms with van der Waals surface area (Å²) in [4.78, 5) is 30.8. The second kappa shape index (κ2) is 10.4. The van der Waals surface area contributed by atoms with Crippen molar-refractivity contribution in [2.24, 2.45) is 0 Å². The van der Waals surface area contributed by atoms with Crippen LogP contribution in [0.25, 0.3) is 5.69 Å². The van der Waals surface area contributed by atoms with Gasteiger partial charge in [-0.1, -0.05) is 56.6 Å². The van der Waals surface area contributed by atoms with Crippen LogP contribution < -0.4 is 4.90 Å². The SMILES string of the molecule is Cc1cccc(-n2nc(C(C)(C)C)c3c2N(CC(=O)N2CCCC2)C(=O)CS[C@H]3c2cccc(Cl)c2)c1C. The number of anilines is 1. The predicted octanol–water partition coefficient (Wildman–Crippen LogP) is 6.23. The lowest BCUT2D eigenvalue weighted by molar-refractivity contribution is -0.130. The summed E-state index contributed by atoms with van der Waals surface area (Å²) in [5, 5.41) is 5.71. The van der Waals surface area contributed by atoms with Crippen LogP contribution in [0.5, 0.6) is 0 Å². The van der Waals surface area contributed by atoms with E-state index in [2.05, 4.69) is 46.8 Å². The van der Waals surface area contributed by atoms with Gasteiger partial charge in [0.15, 0.2) is 0 Å². The number of fused-ring (bicyclic) bond motifs is 1. The van der Waals surface area contributed by atoms with Crippen LogP contribution in [0, 0.1) is 13.8 Å². The molecule has 0 radical (unpaired) electrons. The topological polar surface area (TPSA) is 58.4 Å². The molecule has 3 heterocycles. The average Bonchev–Trinajstić information content (AvgIpc) is 3.51. The maximum absolute atomic E-state index is 13.8. The van der Waals surface area contributed by atoms with E-state index in [4.69, 9.17) is 16.7 Å². The van der Waals surface area contributed by atoms with Crippen molar-refractivity contribution in [3.05, 3.63) is 75.4 Å². The van der Waals surface area contributed by atoms with Crippen molar-refractivity contribution in [1.82, 2.24) is 14.7 Å². The summed E-state index contributed by atoms with van der Waals surface area (Å²) in [7, 11) is 0. The molecule has 2 amide bonds. The van der Waals surface area contributed by atoms with E-state index in [1.54, 1.807) is 16.7 Å². The molecular weight excluding hydrogens is 516 g/mol. The number of halogens is 1. The highest BCUT2D eigenvalue weighted by Gasteiger charge is 2.40. The van der Waals surface area contributed by atoms with Gasteiger partial charge < -0.3 is 4.90 Å². The molecule has 6 nitrogen and oxygen atoms in total. The Labute approximate surface area is 234 Å². The minimum Gasteiger partial charge on any atom is -0.341 e. The third kappa shape index (κ3) is 4.98. The van der Waals surface area contributed by atoms with Gasteiger partial charge in [0, 0.05) is 29.1 Å². The Morgan fingerprint density at radius 1 is 1.11 bits per heavy atom. The van der Waals surface area contributed by atoms with Crippen molar-refractivity contribution >= 4 is 41.0 Å². The second-order valence-corrected chi connectivity index (χ2v) is 12.8. The maximum Gasteiger partial charge on any atom is 0.242 e. The number of carbonyl (C=O) groups excluding carboxylic acids is 2. The summed E-state index contributed by atoms with van der Waals surface area (Å²) in [6.07, 6.45) is 2.01. The molecule has 1 atom stereocenters. The van der Waals surface area contributed by atoms with Crippen LogP contribution in [-0.4, -0.2) is 51.9 Å². The van der Waals surface area contributed by atoms with Crippen molar-refractivity contribution in [3.63, 3.8) is 0 Å². The predicted molar refractivity (Wildman–Crippen MR) is 156 cm³/mol. The van der Waals surface area contributed by atoms with Gasteiger partial charge in [-0.05, 0) is 61.6 Å². The minimum atomic E-state index is -0.303. The third-order valence-electron chi connectivity index (χ3n) is 7.51. The molecular formula is C30H35ClN4O2S. The summed E-state index contributed by atoms with van der Waals surface area (Å²) in [5.41, 5.74) is 5.76. The molecule has 1 saturated heterocycles. The van der Waals surface area contributed by atoms with Gasteiger partial charge in [0.2, 0.25) is 11.8 Å². The van der Waals surface area contributed by atoms with E-state index < -0.39 is 0 Å². The Kier molecular flexibility index (Phi) is 7.35. The Morgan fingerprint density at radius 2 is 1.82 bits per heavy atom. The van der Waals surface area contributed by atoms with Gasteiger partial charge in [-0.2, -0.15) is 5.10 Å². The van der Waals surface area contributed by atoms with Gasteiger partial charge in [0.05, 0.1) is 22.4 Å². The number of nitrogens with zero attached hydrogens (tertiary/aromatic N) is 4. The van der Waals surface area contributed by atoms with Crippen LogP contribution in [0.1, 0.15) is 66.8 Å². The Balaban J connectivity index is 1.78. The first-order valence-electron chi connectivity index (χ1n) is 13.2. The monoisotopic (exact) mass is 550 g/mol. The number of carbonyl (C=O) groups is 2. The number of likely N-dealkylation sites (tertiary alicyclic amines) is 1. The molecule has 0 aliphatic carbocycles. The number of benzene rings is 2. The molecule has 1 aromatic heterocycles. The lowest BCUT2D eigenvalue weighted by Crippen LogP contribution is -2.43. The molecule has 38 heavy (non-hydrogen) atoms. The quantitative estimate of drug-likeness (QED) is 0.386. The van der Waals surface area contributed by atoms with Crippen LogP contribution in [0.15, 0.2) is 42.5 Å². The Hall–Kier alpha value is -2.77. The van der Waals surface area contributed by atoms with Gasteiger partial charge in [-0.25, -0.2) is 4.68 Å². The molecule has 8 heteroatoms. The maximum atomic E-state index is 13.8. The van der Waals surface area contributed by atoms with Crippen LogP contribution in [0.4, 0.5) is 5.82 Å². The number of amides is 2. The minimum absolute atomic E-state index is 0.00873. The van der Waals surface area contributed by atoms with E-state index in [0.717, 1.165) is 59.6 Å². The highest BCUT2D eigenvalue weighted by atomic mass is 35.5. The smallest absolute Gasteiger partial charge is 0.242 e. The zero-order valence-corrected chi connectivity index (χ0v) is 24.3. The summed E-state index contributed by atoms with van der Waals surface area (Å²) in [6.45, 7) is 12.1. The number of aromatic nitrogens is 2. The van der Waals surface area contributed by atoms with Crippen LogP contribution in [0.3, 0.4) is 0 Å². The Bertz CT molecular complexity index is 1390. The van der Waals surface area contributed by atoms with Gasteiger partial charge in [-0.3, -0.25) is 14.5 Å². The van der Waals surface area contributed by atoms with Crippen LogP contribution in [-0.2, 0) is 15.0 Å². The molecule has 0 N–H and O–H groups in total. The molecule has 0 spiro atoms. The summed E-state index contributed by atoms with van der Waals surface area (Å²) in [5.74, 6) is 0.852. The molecule has 0 saturated carbocycles. The lowest BCUT2D eigenvalue weighted by atomic mass is 9.87. The van der Waals surface area contributed by atoms with Crippen LogP contribution >= 0.6 is 23.4 Å². The first-order chi connectivity index (χ1) is 18.1. The van der Waals surface area contributed by atoms with Crippen molar-refractivity contribution < 1.29 is 9.59 Å². The normalized spacial score (nSPS) is 18.1. The third-order valence-corrected chi connectivity index (χ3v) is 9.00. The largest absolute Gasteiger partial charge is 0.341 e. The first-order valence-corrected chi connectivity index (χ1v) is 14.6. The lowest BCUT2D eigenvalue weighted by Gasteiger charge is -2.26. The van der Waals surface area contributed by atoms with Gasteiger partial charge in [0.1, 0.15) is 12.4 Å². The molecule has 200 valence electrons. The van der Waals surface area contributed by atoms with Crippen molar-refractivity contribution in [1.29, 1.82) is 0 Å². The molecule has 1 fully saturated rings. The zero-order chi connectivity index (χ0) is 27.2. The zero-order valence-electron chi connectivity index (χ0n) is 22.8. The molecule has 2 aliphatic heterocycles. The van der Waals surface area contributed by atoms with Gasteiger partial charge >= 0.3 is 0 Å². The number of hydrogen-bond donors (Lipinski definition) is 0. The molecule has 0 bridgehead atoms. The number of thioether (sulfide) groups is 1. The van der Waals surface area contributed by atoms with Crippen LogP contribution in [0.2, 0.25) is 5.02 Å². The van der Waals surface area contributed by atoms with E-state index in [1.165, 1.54) is 0 Å². The average molecular weight is 551 g/mol. The van der Waals surface area contributed by atoms with E-state index in [1.807, 2.05) is 39.9 Å². The summed E-state index contributed by atoms with van der Waals surface area (Å²) >= 11 is 8.02. The number of rotatable bonds is 4. The summed E-state index contributed by atoms with van der Waals surface area (Å²) < 4.78 is 1.91. The van der Waals surface area contributed by atoms with Crippen molar-refractivity contribution in [2.75, 3.05) is 30.3 Å². The first kappa shape index (κ1) is 26.8. The van der Waals surface area contributed by atoms with E-state index in [-0.39, 0.29) is 34.8 Å². The van der Waals surface area contributed by atoms with E-state index in [0.29, 0.717) is 10.8 Å². The Morgan fingerprint density at radius 3 is 2.50 bits per heavy atom. The summed E-state index contributed by atoms with van der Waals surface area (Å²) in [6, 6.07) is 14.0. The highest BCUT2D eigenvalue weighted by molar-refractivity contribution is 8.00.